The quantitative estimate of drug-likeness (QED) is 0.917. The third-order valence-electron chi connectivity index (χ3n) is 2.69. The molecule has 1 heterocycles. The monoisotopic (exact) mass is 285 g/mol. The molecule has 0 spiro atoms. The van der Waals surface area contributed by atoms with Gasteiger partial charge < -0.3 is 9.84 Å². The first-order valence-corrected chi connectivity index (χ1v) is 6.17. The van der Waals surface area contributed by atoms with E-state index in [0.29, 0.717) is 5.82 Å². The Balaban J connectivity index is 1.97. The fraction of sp³-hybridized carbons (Fsp3) is 0.385. The molecular formula is C13H14F3N3O. The SMILES string of the molecule is CCc1ccc(-c2noc(CNCC(F)(F)F)n2)cc1. The van der Waals surface area contributed by atoms with Gasteiger partial charge in [-0.2, -0.15) is 18.2 Å². The molecule has 0 saturated heterocycles. The number of benzene rings is 1. The summed E-state index contributed by atoms with van der Waals surface area (Å²) in [4.78, 5) is 4.05. The van der Waals surface area contributed by atoms with E-state index < -0.39 is 12.7 Å². The van der Waals surface area contributed by atoms with Crippen LogP contribution in [0.15, 0.2) is 28.8 Å². The smallest absolute Gasteiger partial charge is 0.338 e. The molecular weight excluding hydrogens is 271 g/mol. The lowest BCUT2D eigenvalue weighted by molar-refractivity contribution is -0.125. The van der Waals surface area contributed by atoms with Gasteiger partial charge in [-0.15, -0.1) is 0 Å². The van der Waals surface area contributed by atoms with Crippen LogP contribution in [0.5, 0.6) is 0 Å². The van der Waals surface area contributed by atoms with Gasteiger partial charge in [-0.05, 0) is 12.0 Å². The summed E-state index contributed by atoms with van der Waals surface area (Å²) in [5.41, 5.74) is 1.96. The van der Waals surface area contributed by atoms with Crippen LogP contribution >= 0.6 is 0 Å². The number of hydrogen-bond donors (Lipinski definition) is 1. The molecule has 2 aromatic rings. The van der Waals surface area contributed by atoms with Gasteiger partial charge in [0.05, 0.1) is 13.1 Å². The molecule has 0 aliphatic heterocycles. The van der Waals surface area contributed by atoms with Crippen LogP contribution in [-0.2, 0) is 13.0 Å². The zero-order valence-electron chi connectivity index (χ0n) is 10.9. The molecule has 0 unspecified atom stereocenters. The average molecular weight is 285 g/mol. The lowest BCUT2D eigenvalue weighted by atomic mass is 10.1. The second-order valence-electron chi connectivity index (χ2n) is 4.28. The fourth-order valence-electron chi connectivity index (χ4n) is 1.64. The number of nitrogens with zero attached hydrogens (tertiary/aromatic N) is 2. The highest BCUT2D eigenvalue weighted by molar-refractivity contribution is 5.54. The van der Waals surface area contributed by atoms with E-state index in [2.05, 4.69) is 15.5 Å². The Kier molecular flexibility index (Phi) is 4.39. The predicted octanol–water partition coefficient (Wildman–Crippen LogP) is 2.95. The molecule has 1 N–H and O–H groups in total. The molecule has 0 aliphatic rings. The molecule has 0 fully saturated rings. The van der Waals surface area contributed by atoms with Crippen molar-refractivity contribution < 1.29 is 17.7 Å². The van der Waals surface area contributed by atoms with Crippen LogP contribution in [0.1, 0.15) is 18.4 Å². The van der Waals surface area contributed by atoms with Gasteiger partial charge in [0.2, 0.25) is 11.7 Å². The average Bonchev–Trinajstić information content (AvgIpc) is 2.86. The Bertz CT molecular complexity index is 549. The van der Waals surface area contributed by atoms with Gasteiger partial charge in [0, 0.05) is 5.56 Å². The van der Waals surface area contributed by atoms with Crippen LogP contribution in [0.25, 0.3) is 11.4 Å². The van der Waals surface area contributed by atoms with Crippen molar-refractivity contribution >= 4 is 0 Å². The van der Waals surface area contributed by atoms with Crippen LogP contribution < -0.4 is 5.32 Å². The Hall–Kier alpha value is -1.89. The minimum Gasteiger partial charge on any atom is -0.338 e. The summed E-state index contributed by atoms with van der Waals surface area (Å²) in [5.74, 6) is 0.500. The largest absolute Gasteiger partial charge is 0.401 e. The maximum absolute atomic E-state index is 12.0. The zero-order valence-corrected chi connectivity index (χ0v) is 10.9. The van der Waals surface area contributed by atoms with E-state index >= 15 is 0 Å². The summed E-state index contributed by atoms with van der Waals surface area (Å²) in [6.45, 7) is 0.850. The van der Waals surface area contributed by atoms with Crippen LogP contribution in [-0.4, -0.2) is 22.9 Å². The van der Waals surface area contributed by atoms with Crippen molar-refractivity contribution in [1.82, 2.24) is 15.5 Å². The molecule has 108 valence electrons. The highest BCUT2D eigenvalue weighted by atomic mass is 19.4. The second-order valence-corrected chi connectivity index (χ2v) is 4.28. The van der Waals surface area contributed by atoms with E-state index in [0.717, 1.165) is 12.0 Å². The maximum Gasteiger partial charge on any atom is 0.401 e. The molecule has 2 rings (SSSR count). The number of alkyl halides is 3. The summed E-state index contributed by atoms with van der Waals surface area (Å²) in [6.07, 6.45) is -3.32. The maximum atomic E-state index is 12.0. The predicted molar refractivity (Wildman–Crippen MR) is 66.9 cm³/mol. The third kappa shape index (κ3) is 4.06. The topological polar surface area (TPSA) is 51.0 Å². The van der Waals surface area contributed by atoms with Crippen LogP contribution in [0.2, 0.25) is 0 Å². The molecule has 0 bridgehead atoms. The highest BCUT2D eigenvalue weighted by Crippen LogP contribution is 2.17. The summed E-state index contributed by atoms with van der Waals surface area (Å²) < 4.78 is 40.8. The lowest BCUT2D eigenvalue weighted by Crippen LogP contribution is -2.28. The van der Waals surface area contributed by atoms with Crippen molar-refractivity contribution in [2.45, 2.75) is 26.1 Å². The number of rotatable bonds is 5. The third-order valence-corrected chi connectivity index (χ3v) is 2.69. The number of halogens is 3. The number of nitrogens with one attached hydrogen (secondary N) is 1. The van der Waals surface area contributed by atoms with E-state index in [1.54, 1.807) is 0 Å². The molecule has 4 nitrogen and oxygen atoms in total. The minimum absolute atomic E-state index is 0.112. The number of aryl methyl sites for hydroxylation is 1. The standard InChI is InChI=1S/C13H14F3N3O/c1-2-9-3-5-10(6-4-9)12-18-11(20-19-12)7-17-8-13(14,15)16/h3-6,17H,2,7-8H2,1H3. The molecule has 20 heavy (non-hydrogen) atoms. The first kappa shape index (κ1) is 14.5. The van der Waals surface area contributed by atoms with Gasteiger partial charge in [0.25, 0.3) is 0 Å². The van der Waals surface area contributed by atoms with Crippen LogP contribution in [0.4, 0.5) is 13.2 Å². The summed E-state index contributed by atoms with van der Waals surface area (Å²) in [6, 6.07) is 7.62. The van der Waals surface area contributed by atoms with Gasteiger partial charge in [0.1, 0.15) is 0 Å². The van der Waals surface area contributed by atoms with E-state index in [1.807, 2.05) is 31.2 Å². The fourth-order valence-corrected chi connectivity index (χ4v) is 1.64. The molecule has 0 aliphatic carbocycles. The van der Waals surface area contributed by atoms with Gasteiger partial charge in [-0.25, -0.2) is 0 Å². The van der Waals surface area contributed by atoms with Crippen LogP contribution in [0.3, 0.4) is 0 Å². The molecule has 0 atom stereocenters. The van der Waals surface area contributed by atoms with Gasteiger partial charge in [-0.3, -0.25) is 0 Å². The molecule has 0 radical (unpaired) electrons. The highest BCUT2D eigenvalue weighted by Gasteiger charge is 2.26. The van der Waals surface area contributed by atoms with Crippen LogP contribution in [0, 0.1) is 0 Å². The van der Waals surface area contributed by atoms with E-state index in [4.69, 9.17) is 4.52 Å². The van der Waals surface area contributed by atoms with E-state index in [1.165, 1.54) is 5.56 Å². The Labute approximate surface area is 114 Å². The summed E-state index contributed by atoms with van der Waals surface area (Å²) in [5, 5.41) is 5.95. The normalized spacial score (nSPS) is 11.8. The van der Waals surface area contributed by atoms with E-state index in [-0.39, 0.29) is 12.4 Å². The lowest BCUT2D eigenvalue weighted by Gasteiger charge is -2.05. The summed E-state index contributed by atoms with van der Waals surface area (Å²) in [7, 11) is 0. The zero-order chi connectivity index (χ0) is 14.6. The Morgan fingerprint density at radius 2 is 1.90 bits per heavy atom. The van der Waals surface area contributed by atoms with Crippen molar-refractivity contribution in [2.24, 2.45) is 0 Å². The van der Waals surface area contributed by atoms with Crippen molar-refractivity contribution in [1.29, 1.82) is 0 Å². The first-order chi connectivity index (χ1) is 9.48. The van der Waals surface area contributed by atoms with Gasteiger partial charge in [-0.1, -0.05) is 36.3 Å². The molecule has 1 aromatic carbocycles. The first-order valence-electron chi connectivity index (χ1n) is 6.17. The molecule has 0 saturated carbocycles. The van der Waals surface area contributed by atoms with E-state index in [9.17, 15) is 13.2 Å². The van der Waals surface area contributed by atoms with Crippen molar-refractivity contribution in [3.63, 3.8) is 0 Å². The second kappa shape index (κ2) is 6.04. The van der Waals surface area contributed by atoms with Crippen molar-refractivity contribution in [3.05, 3.63) is 35.7 Å². The summed E-state index contributed by atoms with van der Waals surface area (Å²) >= 11 is 0. The van der Waals surface area contributed by atoms with Crippen molar-refractivity contribution in [2.75, 3.05) is 6.54 Å². The van der Waals surface area contributed by atoms with Crippen molar-refractivity contribution in [3.8, 4) is 11.4 Å². The number of hydrogen-bond acceptors (Lipinski definition) is 4. The molecule has 7 heteroatoms. The van der Waals surface area contributed by atoms with Gasteiger partial charge in [0.15, 0.2) is 0 Å². The molecule has 1 aromatic heterocycles. The van der Waals surface area contributed by atoms with Gasteiger partial charge >= 0.3 is 6.18 Å². The Morgan fingerprint density at radius 1 is 1.20 bits per heavy atom. The number of aromatic nitrogens is 2. The molecule has 0 amide bonds. The minimum atomic E-state index is -4.25. The Morgan fingerprint density at radius 3 is 2.50 bits per heavy atom.